The number of imidazole rings is 2. The van der Waals surface area contributed by atoms with Crippen LogP contribution in [0.25, 0.3) is 17.0 Å². The summed E-state index contributed by atoms with van der Waals surface area (Å²) in [5, 5.41) is 19.6. The van der Waals surface area contributed by atoms with Crippen LogP contribution in [0, 0.1) is 10.1 Å². The molecule has 2 heterocycles. The highest BCUT2D eigenvalue weighted by Gasteiger charge is 2.15. The van der Waals surface area contributed by atoms with Gasteiger partial charge in [0.1, 0.15) is 5.69 Å². The van der Waals surface area contributed by atoms with Gasteiger partial charge >= 0.3 is 5.97 Å². The second-order valence-electron chi connectivity index (χ2n) is 4.52. The molecule has 21 heavy (non-hydrogen) atoms. The van der Waals surface area contributed by atoms with Crippen molar-refractivity contribution >= 4 is 17.4 Å². The smallest absolute Gasteiger partial charge is 0.354 e. The van der Waals surface area contributed by atoms with Crippen LogP contribution >= 0.6 is 0 Å². The van der Waals surface area contributed by atoms with E-state index in [1.54, 1.807) is 29.8 Å². The highest BCUT2D eigenvalue weighted by atomic mass is 16.6. The van der Waals surface area contributed by atoms with Gasteiger partial charge in [-0.1, -0.05) is 0 Å². The van der Waals surface area contributed by atoms with Crippen LogP contribution in [-0.4, -0.2) is 30.0 Å². The number of nitro groups is 1. The van der Waals surface area contributed by atoms with E-state index in [9.17, 15) is 14.9 Å². The number of carboxylic acid groups (broad SMARTS) is 1. The van der Waals surface area contributed by atoms with Crippen LogP contribution in [0.2, 0.25) is 0 Å². The number of nitrogens with zero attached hydrogens (tertiary/aromatic N) is 4. The van der Waals surface area contributed by atoms with Gasteiger partial charge in [0.25, 0.3) is 5.69 Å². The Kier molecular flexibility index (Phi) is 2.72. The molecule has 0 saturated heterocycles. The van der Waals surface area contributed by atoms with E-state index in [0.29, 0.717) is 11.5 Å². The summed E-state index contributed by atoms with van der Waals surface area (Å²) in [4.78, 5) is 25.5. The standard InChI is InChI=1S/C13H10N4O4/c1-15-11(12(18)19)7-16-6-10(14-13(15)16)8-2-4-9(5-3-8)17(20)21/h2-7H,1H3,(H,18,19). The van der Waals surface area contributed by atoms with E-state index in [2.05, 4.69) is 4.98 Å². The number of aromatic carboxylic acids is 1. The summed E-state index contributed by atoms with van der Waals surface area (Å²) in [5.74, 6) is -0.541. The Labute approximate surface area is 118 Å². The molecule has 8 nitrogen and oxygen atoms in total. The number of hydrogen-bond donors (Lipinski definition) is 1. The molecule has 3 rings (SSSR count). The van der Waals surface area contributed by atoms with Gasteiger partial charge in [-0.05, 0) is 12.1 Å². The Hall–Kier alpha value is -3.16. The highest BCUT2D eigenvalue weighted by molar-refractivity contribution is 5.86. The lowest BCUT2D eigenvalue weighted by atomic mass is 10.1. The van der Waals surface area contributed by atoms with Crippen LogP contribution < -0.4 is 0 Å². The van der Waals surface area contributed by atoms with Gasteiger partial charge in [-0.3, -0.25) is 14.5 Å². The monoisotopic (exact) mass is 286 g/mol. The third-order valence-electron chi connectivity index (χ3n) is 3.23. The topological polar surface area (TPSA) is 103 Å². The quantitative estimate of drug-likeness (QED) is 0.585. The largest absolute Gasteiger partial charge is 0.477 e. The Balaban J connectivity index is 2.05. The summed E-state index contributed by atoms with van der Waals surface area (Å²) in [6.45, 7) is 0. The van der Waals surface area contributed by atoms with E-state index in [1.807, 2.05) is 0 Å². The van der Waals surface area contributed by atoms with E-state index in [-0.39, 0.29) is 11.4 Å². The van der Waals surface area contributed by atoms with Crippen LogP contribution in [0.3, 0.4) is 0 Å². The number of non-ortho nitro benzene ring substituents is 1. The molecule has 0 bridgehead atoms. The lowest BCUT2D eigenvalue weighted by molar-refractivity contribution is -0.384. The van der Waals surface area contributed by atoms with Gasteiger partial charge in [0, 0.05) is 37.1 Å². The molecule has 3 aromatic rings. The summed E-state index contributed by atoms with van der Waals surface area (Å²) >= 11 is 0. The summed E-state index contributed by atoms with van der Waals surface area (Å²) < 4.78 is 3.08. The van der Waals surface area contributed by atoms with Gasteiger partial charge in [0.15, 0.2) is 0 Å². The minimum absolute atomic E-state index is 0.00989. The average Bonchev–Trinajstić information content (AvgIpc) is 2.99. The number of aryl methyl sites for hydroxylation is 1. The first-order valence-electron chi connectivity index (χ1n) is 6.00. The van der Waals surface area contributed by atoms with Crippen LogP contribution in [0.5, 0.6) is 0 Å². The van der Waals surface area contributed by atoms with Crippen molar-refractivity contribution in [3.8, 4) is 11.3 Å². The molecule has 2 aromatic heterocycles. The zero-order chi connectivity index (χ0) is 15.1. The molecule has 1 aromatic carbocycles. The van der Waals surface area contributed by atoms with Crippen molar-refractivity contribution in [1.29, 1.82) is 0 Å². The van der Waals surface area contributed by atoms with E-state index in [4.69, 9.17) is 5.11 Å². The fourth-order valence-corrected chi connectivity index (χ4v) is 2.14. The predicted molar refractivity (Wildman–Crippen MR) is 73.2 cm³/mol. The molecule has 0 fully saturated rings. The molecular formula is C13H10N4O4. The maximum Gasteiger partial charge on any atom is 0.354 e. The van der Waals surface area contributed by atoms with Crippen molar-refractivity contribution < 1.29 is 14.8 Å². The molecule has 0 radical (unpaired) electrons. The fraction of sp³-hybridized carbons (Fsp3) is 0.0769. The van der Waals surface area contributed by atoms with Crippen molar-refractivity contribution in [2.45, 2.75) is 0 Å². The lowest BCUT2D eigenvalue weighted by Crippen LogP contribution is -2.04. The maximum absolute atomic E-state index is 11.0. The predicted octanol–water partition coefficient (Wildman–Crippen LogP) is 1.95. The number of carbonyl (C=O) groups is 1. The van der Waals surface area contributed by atoms with Gasteiger partial charge in [-0.15, -0.1) is 0 Å². The van der Waals surface area contributed by atoms with Gasteiger partial charge in [0.05, 0.1) is 10.6 Å². The SMILES string of the molecule is Cn1c(C(=O)O)cn2cc(-c3ccc([N+](=O)[O-])cc3)nc12. The number of benzene rings is 1. The molecule has 0 aliphatic carbocycles. The average molecular weight is 286 g/mol. The highest BCUT2D eigenvalue weighted by Crippen LogP contribution is 2.23. The van der Waals surface area contributed by atoms with Crippen molar-refractivity contribution in [2.75, 3.05) is 0 Å². The van der Waals surface area contributed by atoms with Crippen molar-refractivity contribution in [1.82, 2.24) is 14.0 Å². The zero-order valence-corrected chi connectivity index (χ0v) is 10.9. The molecule has 0 atom stereocenters. The van der Waals surface area contributed by atoms with Gasteiger partial charge in [-0.2, -0.15) is 0 Å². The number of carboxylic acids is 1. The number of aromatic nitrogens is 3. The number of hydrogen-bond acceptors (Lipinski definition) is 4. The molecule has 0 saturated carbocycles. The Morgan fingerprint density at radius 2 is 1.95 bits per heavy atom. The fourth-order valence-electron chi connectivity index (χ4n) is 2.14. The molecule has 0 amide bonds. The lowest BCUT2D eigenvalue weighted by Gasteiger charge is -1.97. The number of rotatable bonds is 3. The molecule has 0 aliphatic rings. The van der Waals surface area contributed by atoms with E-state index in [0.717, 1.165) is 5.56 Å². The summed E-state index contributed by atoms with van der Waals surface area (Å²) in [7, 11) is 1.62. The van der Waals surface area contributed by atoms with Crippen LogP contribution in [0.15, 0.2) is 36.7 Å². The van der Waals surface area contributed by atoms with Gasteiger partial charge in [-0.25, -0.2) is 9.78 Å². The maximum atomic E-state index is 11.0. The van der Waals surface area contributed by atoms with Gasteiger partial charge < -0.3 is 9.67 Å². The molecule has 0 aliphatic heterocycles. The van der Waals surface area contributed by atoms with Crippen LogP contribution in [0.4, 0.5) is 5.69 Å². The van der Waals surface area contributed by atoms with Crippen molar-refractivity contribution in [2.24, 2.45) is 7.05 Å². The Bertz CT molecular complexity index is 860. The zero-order valence-electron chi connectivity index (χ0n) is 10.9. The molecule has 0 spiro atoms. The van der Waals surface area contributed by atoms with Crippen LogP contribution in [0.1, 0.15) is 10.5 Å². The van der Waals surface area contributed by atoms with E-state index in [1.165, 1.54) is 22.9 Å². The van der Waals surface area contributed by atoms with E-state index >= 15 is 0 Å². The normalized spacial score (nSPS) is 10.9. The molecule has 106 valence electrons. The minimum atomic E-state index is -1.03. The molecule has 0 unspecified atom stereocenters. The second-order valence-corrected chi connectivity index (χ2v) is 4.52. The summed E-state index contributed by atoms with van der Waals surface area (Å²) in [5.41, 5.74) is 1.48. The van der Waals surface area contributed by atoms with Crippen molar-refractivity contribution in [3.05, 3.63) is 52.5 Å². The van der Waals surface area contributed by atoms with E-state index < -0.39 is 10.9 Å². The van der Waals surface area contributed by atoms with Crippen LogP contribution in [-0.2, 0) is 7.05 Å². The molecular weight excluding hydrogens is 276 g/mol. The van der Waals surface area contributed by atoms with Crippen molar-refractivity contribution in [3.63, 3.8) is 0 Å². The molecule has 8 heteroatoms. The Morgan fingerprint density at radius 1 is 1.29 bits per heavy atom. The molecule has 1 N–H and O–H groups in total. The summed E-state index contributed by atoms with van der Waals surface area (Å²) in [6.07, 6.45) is 3.16. The second kappa shape index (κ2) is 4.44. The minimum Gasteiger partial charge on any atom is -0.477 e. The number of fused-ring (bicyclic) bond motifs is 1. The first-order valence-corrected chi connectivity index (χ1v) is 6.00. The summed E-state index contributed by atoms with van der Waals surface area (Å²) in [6, 6.07) is 6.03. The third-order valence-corrected chi connectivity index (χ3v) is 3.23. The Morgan fingerprint density at radius 3 is 2.48 bits per heavy atom. The first-order chi connectivity index (χ1) is 9.97. The first kappa shape index (κ1) is 12.9. The number of nitro benzene ring substituents is 1. The third kappa shape index (κ3) is 2.02. The van der Waals surface area contributed by atoms with Gasteiger partial charge in [0.2, 0.25) is 5.78 Å².